The molecule has 0 saturated carbocycles. The van der Waals surface area contributed by atoms with Crippen LogP contribution in [0, 0.1) is 0 Å². The fourth-order valence-electron chi connectivity index (χ4n) is 0.524. The van der Waals surface area contributed by atoms with E-state index in [1.165, 1.54) is 0 Å². The van der Waals surface area contributed by atoms with E-state index in [0.717, 1.165) is 4.47 Å². The summed E-state index contributed by atoms with van der Waals surface area (Å²) in [5.41, 5.74) is 2.73. The third-order valence-corrected chi connectivity index (χ3v) is 1.50. The summed E-state index contributed by atoms with van der Waals surface area (Å²) in [6.07, 6.45) is 0. The van der Waals surface area contributed by atoms with Crippen LogP contribution in [0.4, 0.5) is 5.69 Å². The summed E-state index contributed by atoms with van der Waals surface area (Å²) < 4.78 is 1.00. The molecule has 2 N–H and O–H groups in total. The van der Waals surface area contributed by atoms with Crippen LogP contribution >= 0.6 is 15.9 Å². The molecular weight excluding hydrogens is 182 g/mol. The topological polar surface area (TPSA) is 32.3 Å². The Morgan fingerprint density at radius 3 is 2.22 bits per heavy atom. The van der Waals surface area contributed by atoms with Crippen LogP contribution in [0.1, 0.15) is 0 Å². The van der Waals surface area contributed by atoms with Gasteiger partial charge in [-0.3, -0.25) is 10.7 Å². The SMILES string of the molecule is ONc1ccc(Br)cc1. The van der Waals surface area contributed by atoms with Crippen LogP contribution in [-0.4, -0.2) is 5.21 Å². The third kappa shape index (κ3) is 1.69. The van der Waals surface area contributed by atoms with E-state index in [1.54, 1.807) is 12.1 Å². The number of nitrogens with one attached hydrogen (secondary N) is 1. The molecular formula is C6H6BrNO. The first-order valence-electron chi connectivity index (χ1n) is 2.48. The molecule has 3 heteroatoms. The summed E-state index contributed by atoms with van der Waals surface area (Å²) in [7, 11) is 0. The lowest BCUT2D eigenvalue weighted by Gasteiger charge is -1.95. The number of halogens is 1. The predicted molar refractivity (Wildman–Crippen MR) is 39.6 cm³/mol. The molecule has 1 rings (SSSR count). The Morgan fingerprint density at radius 1 is 1.22 bits per heavy atom. The summed E-state index contributed by atoms with van der Waals surface area (Å²) in [4.78, 5) is 0. The summed E-state index contributed by atoms with van der Waals surface area (Å²) in [6, 6.07) is 7.23. The van der Waals surface area contributed by atoms with Crippen LogP contribution in [0.25, 0.3) is 0 Å². The normalized spacial score (nSPS) is 9.11. The second-order valence-corrected chi connectivity index (χ2v) is 2.53. The molecule has 0 aliphatic heterocycles. The first-order chi connectivity index (χ1) is 4.33. The van der Waals surface area contributed by atoms with Gasteiger partial charge in [-0.2, -0.15) is 0 Å². The van der Waals surface area contributed by atoms with Crippen molar-refractivity contribution in [2.75, 3.05) is 5.48 Å². The average Bonchev–Trinajstić information content (AvgIpc) is 1.90. The first-order valence-corrected chi connectivity index (χ1v) is 3.28. The maximum Gasteiger partial charge on any atom is 0.0602 e. The molecule has 0 aliphatic rings. The molecule has 0 unspecified atom stereocenters. The van der Waals surface area contributed by atoms with Crippen molar-refractivity contribution in [1.29, 1.82) is 0 Å². The van der Waals surface area contributed by atoms with Gasteiger partial charge in [0.25, 0.3) is 0 Å². The minimum Gasteiger partial charge on any atom is -0.291 e. The Hall–Kier alpha value is -0.540. The van der Waals surface area contributed by atoms with E-state index in [4.69, 9.17) is 5.21 Å². The molecule has 0 heterocycles. The van der Waals surface area contributed by atoms with Gasteiger partial charge in [0, 0.05) is 4.47 Å². The molecule has 0 bridgehead atoms. The number of hydrogen-bond donors (Lipinski definition) is 2. The highest BCUT2D eigenvalue weighted by molar-refractivity contribution is 9.10. The van der Waals surface area contributed by atoms with Crippen LogP contribution in [-0.2, 0) is 0 Å². The van der Waals surface area contributed by atoms with Gasteiger partial charge < -0.3 is 0 Å². The van der Waals surface area contributed by atoms with E-state index in [9.17, 15) is 0 Å². The maximum absolute atomic E-state index is 8.36. The summed E-state index contributed by atoms with van der Waals surface area (Å²) in [6.45, 7) is 0. The summed E-state index contributed by atoms with van der Waals surface area (Å²) in [5, 5.41) is 8.36. The molecule has 0 radical (unpaired) electrons. The zero-order chi connectivity index (χ0) is 6.69. The molecule has 48 valence electrons. The first kappa shape index (κ1) is 6.58. The summed E-state index contributed by atoms with van der Waals surface area (Å²) in [5.74, 6) is 0. The fourth-order valence-corrected chi connectivity index (χ4v) is 0.789. The highest BCUT2D eigenvalue weighted by Crippen LogP contribution is 2.12. The lowest BCUT2D eigenvalue weighted by atomic mass is 10.3. The van der Waals surface area contributed by atoms with E-state index in [0.29, 0.717) is 5.69 Å². The minimum atomic E-state index is 0.693. The van der Waals surface area contributed by atoms with Crippen molar-refractivity contribution >= 4 is 21.6 Å². The van der Waals surface area contributed by atoms with Gasteiger partial charge in [-0.25, -0.2) is 0 Å². The van der Waals surface area contributed by atoms with Gasteiger partial charge >= 0.3 is 0 Å². The fraction of sp³-hybridized carbons (Fsp3) is 0. The van der Waals surface area contributed by atoms with Crippen LogP contribution in [0.3, 0.4) is 0 Å². The molecule has 0 aromatic heterocycles. The zero-order valence-corrected chi connectivity index (χ0v) is 6.22. The highest BCUT2D eigenvalue weighted by Gasteiger charge is 1.86. The van der Waals surface area contributed by atoms with Gasteiger partial charge in [-0.1, -0.05) is 15.9 Å². The van der Waals surface area contributed by atoms with Crippen LogP contribution in [0.5, 0.6) is 0 Å². The second kappa shape index (κ2) is 2.85. The van der Waals surface area contributed by atoms with Gasteiger partial charge in [-0.05, 0) is 24.3 Å². The van der Waals surface area contributed by atoms with E-state index < -0.39 is 0 Å². The van der Waals surface area contributed by atoms with Crippen LogP contribution < -0.4 is 5.48 Å². The Bertz CT molecular complexity index is 185. The molecule has 0 spiro atoms. The molecule has 0 aliphatic carbocycles. The Labute approximate surface area is 61.6 Å². The number of hydrogen-bond acceptors (Lipinski definition) is 2. The molecule has 2 nitrogen and oxygen atoms in total. The molecule has 0 amide bonds. The smallest absolute Gasteiger partial charge is 0.0602 e. The second-order valence-electron chi connectivity index (χ2n) is 1.62. The van der Waals surface area contributed by atoms with E-state index in [1.807, 2.05) is 17.6 Å². The quantitative estimate of drug-likeness (QED) is 0.662. The Morgan fingerprint density at radius 2 is 1.78 bits per heavy atom. The zero-order valence-electron chi connectivity index (χ0n) is 4.63. The Kier molecular flexibility index (Phi) is 2.08. The van der Waals surface area contributed by atoms with Crippen molar-refractivity contribution in [1.82, 2.24) is 0 Å². The lowest BCUT2D eigenvalue weighted by molar-refractivity contribution is 0.389. The van der Waals surface area contributed by atoms with Crippen molar-refractivity contribution in [3.63, 3.8) is 0 Å². The largest absolute Gasteiger partial charge is 0.291 e. The molecule has 0 saturated heterocycles. The van der Waals surface area contributed by atoms with Crippen molar-refractivity contribution < 1.29 is 5.21 Å². The Balaban J connectivity index is 2.88. The average molecular weight is 188 g/mol. The predicted octanol–water partition coefficient (Wildman–Crippen LogP) is 2.25. The van der Waals surface area contributed by atoms with Gasteiger partial charge in [0.05, 0.1) is 5.69 Å². The van der Waals surface area contributed by atoms with Crippen molar-refractivity contribution in [3.8, 4) is 0 Å². The van der Waals surface area contributed by atoms with E-state index in [-0.39, 0.29) is 0 Å². The maximum atomic E-state index is 8.36. The molecule has 0 atom stereocenters. The highest BCUT2D eigenvalue weighted by atomic mass is 79.9. The van der Waals surface area contributed by atoms with E-state index in [2.05, 4.69) is 15.9 Å². The van der Waals surface area contributed by atoms with Crippen LogP contribution in [0.2, 0.25) is 0 Å². The summed E-state index contributed by atoms with van der Waals surface area (Å²) >= 11 is 3.27. The van der Waals surface area contributed by atoms with Crippen molar-refractivity contribution in [2.45, 2.75) is 0 Å². The van der Waals surface area contributed by atoms with Crippen LogP contribution in [0.15, 0.2) is 28.7 Å². The van der Waals surface area contributed by atoms with Gasteiger partial charge in [0.1, 0.15) is 0 Å². The van der Waals surface area contributed by atoms with Gasteiger partial charge in [0.2, 0.25) is 0 Å². The van der Waals surface area contributed by atoms with Crippen molar-refractivity contribution in [3.05, 3.63) is 28.7 Å². The molecule has 1 aromatic rings. The third-order valence-electron chi connectivity index (χ3n) is 0.973. The number of rotatable bonds is 1. The van der Waals surface area contributed by atoms with Crippen molar-refractivity contribution in [2.24, 2.45) is 0 Å². The van der Waals surface area contributed by atoms with E-state index >= 15 is 0 Å². The van der Waals surface area contributed by atoms with Gasteiger partial charge in [-0.15, -0.1) is 0 Å². The van der Waals surface area contributed by atoms with Gasteiger partial charge in [0.15, 0.2) is 0 Å². The molecule has 0 fully saturated rings. The minimum absolute atomic E-state index is 0.693. The monoisotopic (exact) mass is 187 g/mol. The standard InChI is InChI=1S/C6H6BrNO/c7-5-1-3-6(8-9)4-2-5/h1-4,8-9H. The lowest BCUT2D eigenvalue weighted by Crippen LogP contribution is -1.86. The number of anilines is 1. The number of benzene rings is 1. The molecule has 1 aromatic carbocycles. The molecule has 9 heavy (non-hydrogen) atoms.